The average molecular weight is 281 g/mol. The van der Waals surface area contributed by atoms with Gasteiger partial charge in [-0.1, -0.05) is 0 Å². The Hall–Kier alpha value is 0.870. The Bertz CT molecular complexity index is 4.35. The summed E-state index contributed by atoms with van der Waals surface area (Å²) >= 11 is 0. The normalized spacial score (nSPS) is 2.25. The second-order valence-corrected chi connectivity index (χ2v) is 0. The summed E-state index contributed by atoms with van der Waals surface area (Å²) in [5, 5.41) is 0. The van der Waals surface area contributed by atoms with Gasteiger partial charge in [-0.25, -0.2) is 0 Å². The Labute approximate surface area is 74.9 Å². The van der Waals surface area contributed by atoms with Crippen LogP contribution in [-0.4, -0.2) is 0 Å². The molecule has 0 aromatic heterocycles. The molecule has 0 heterocycles. The largest absolute Gasteiger partial charge is 4.00 e. The molecule has 0 aliphatic carbocycles. The second kappa shape index (κ2) is 491. The Morgan fingerprint density at radius 3 is 0.625 bits per heavy atom. The van der Waals surface area contributed by atoms with Gasteiger partial charge in [-0.3, -0.25) is 0 Å². The van der Waals surface area contributed by atoms with Gasteiger partial charge in [0.2, 0.25) is 0 Å². The first-order valence-corrected chi connectivity index (χ1v) is 2.12. The van der Waals surface area contributed by atoms with Crippen LogP contribution in [-0.2, 0) is 25.8 Å². The summed E-state index contributed by atoms with van der Waals surface area (Å²) in [6.45, 7) is 15.0. The SMILES string of the molecule is [CH2-]C.[CH2-]C.[CH2-]C.[CH3-].[Hf+4]. The molecular formula is C7H18Hf. The molecule has 0 aliphatic rings. The molecule has 50 valence electrons. The summed E-state index contributed by atoms with van der Waals surface area (Å²) in [5.74, 6) is 0. The van der Waals surface area contributed by atoms with E-state index in [0.717, 1.165) is 0 Å². The maximum absolute atomic E-state index is 3.25. The van der Waals surface area contributed by atoms with E-state index >= 15 is 0 Å². The average Bonchev–Trinajstić information content (AvgIpc) is 1.81. The van der Waals surface area contributed by atoms with Crippen molar-refractivity contribution in [2.45, 2.75) is 20.8 Å². The fourth-order valence-electron chi connectivity index (χ4n) is 0. The van der Waals surface area contributed by atoms with E-state index in [-0.39, 0.29) is 33.3 Å². The van der Waals surface area contributed by atoms with Crippen LogP contribution in [0.2, 0.25) is 0 Å². The molecule has 0 amide bonds. The van der Waals surface area contributed by atoms with Gasteiger partial charge in [0.05, 0.1) is 0 Å². The van der Waals surface area contributed by atoms with E-state index in [9.17, 15) is 0 Å². The Morgan fingerprint density at radius 1 is 0.625 bits per heavy atom. The maximum atomic E-state index is 3.25. The van der Waals surface area contributed by atoms with Crippen LogP contribution < -0.4 is 0 Å². The maximum Gasteiger partial charge on any atom is 4.00 e. The molecule has 0 N–H and O–H groups in total. The first-order chi connectivity index (χ1) is 3.00. The zero-order valence-corrected chi connectivity index (χ0v) is 10.2. The van der Waals surface area contributed by atoms with E-state index in [2.05, 4.69) is 20.8 Å². The van der Waals surface area contributed by atoms with Crippen LogP contribution in [0.15, 0.2) is 0 Å². The van der Waals surface area contributed by atoms with Crippen LogP contribution in [0, 0.1) is 28.2 Å². The van der Waals surface area contributed by atoms with Crippen LogP contribution in [0.3, 0.4) is 0 Å². The van der Waals surface area contributed by atoms with Crippen LogP contribution in [0.1, 0.15) is 20.8 Å². The summed E-state index contributed by atoms with van der Waals surface area (Å²) in [6, 6.07) is 0. The molecule has 0 rings (SSSR count). The van der Waals surface area contributed by atoms with Gasteiger partial charge in [-0.15, -0.1) is 0 Å². The van der Waals surface area contributed by atoms with Gasteiger partial charge in [0, 0.05) is 0 Å². The summed E-state index contributed by atoms with van der Waals surface area (Å²) in [6.07, 6.45) is 0. The van der Waals surface area contributed by atoms with Crippen molar-refractivity contribution in [2.75, 3.05) is 0 Å². The zero-order chi connectivity index (χ0) is 6.00. The van der Waals surface area contributed by atoms with Crippen molar-refractivity contribution in [1.29, 1.82) is 0 Å². The van der Waals surface area contributed by atoms with E-state index < -0.39 is 0 Å². The number of hydrogen-bond acceptors (Lipinski definition) is 0. The smallest absolute Gasteiger partial charge is 0.358 e. The van der Waals surface area contributed by atoms with Gasteiger partial charge in [-0.05, 0) is 0 Å². The molecule has 0 saturated heterocycles. The molecule has 0 aromatic carbocycles. The van der Waals surface area contributed by atoms with Crippen molar-refractivity contribution >= 4 is 0 Å². The topological polar surface area (TPSA) is 0 Å². The van der Waals surface area contributed by atoms with Gasteiger partial charge in [0.15, 0.2) is 0 Å². The van der Waals surface area contributed by atoms with E-state index in [1.165, 1.54) is 0 Å². The molecule has 0 fully saturated rings. The van der Waals surface area contributed by atoms with Gasteiger partial charge in [-0.2, -0.15) is 20.8 Å². The Balaban J connectivity index is -0.00000000500. The van der Waals surface area contributed by atoms with Gasteiger partial charge < -0.3 is 28.2 Å². The van der Waals surface area contributed by atoms with E-state index in [1.807, 2.05) is 0 Å². The number of hydrogen-bond donors (Lipinski definition) is 0. The van der Waals surface area contributed by atoms with Crippen molar-refractivity contribution in [3.8, 4) is 0 Å². The second-order valence-electron chi connectivity index (χ2n) is 0. The third kappa shape index (κ3) is 313. The van der Waals surface area contributed by atoms with Crippen LogP contribution in [0.25, 0.3) is 0 Å². The van der Waals surface area contributed by atoms with E-state index in [1.54, 1.807) is 20.8 Å². The predicted molar refractivity (Wildman–Crippen MR) is 39.5 cm³/mol. The summed E-state index contributed by atoms with van der Waals surface area (Å²) in [7, 11) is 0. The van der Waals surface area contributed by atoms with Crippen LogP contribution >= 0.6 is 0 Å². The molecule has 8 heavy (non-hydrogen) atoms. The molecule has 0 spiro atoms. The molecule has 1 heteroatoms. The molecule has 0 unspecified atom stereocenters. The van der Waals surface area contributed by atoms with Gasteiger partial charge in [0.25, 0.3) is 0 Å². The summed E-state index contributed by atoms with van der Waals surface area (Å²) in [5.41, 5.74) is 0. The summed E-state index contributed by atoms with van der Waals surface area (Å²) in [4.78, 5) is 0. The van der Waals surface area contributed by atoms with E-state index in [4.69, 9.17) is 0 Å². The molecule has 0 aliphatic heterocycles. The standard InChI is InChI=1S/3C2H5.CH3.Hf/c3*1-2;;/h3*1H2,2H3;1H3;/q4*-1;+4. The van der Waals surface area contributed by atoms with Crippen molar-refractivity contribution in [3.05, 3.63) is 28.2 Å². The molecule has 0 atom stereocenters. The van der Waals surface area contributed by atoms with Gasteiger partial charge >= 0.3 is 25.8 Å². The zero-order valence-electron chi connectivity index (χ0n) is 6.62. The van der Waals surface area contributed by atoms with Crippen LogP contribution in [0.4, 0.5) is 0 Å². The third-order valence-corrected chi connectivity index (χ3v) is 0. The van der Waals surface area contributed by atoms with Crippen LogP contribution in [0.5, 0.6) is 0 Å². The molecule has 0 aromatic rings. The first-order valence-electron chi connectivity index (χ1n) is 2.12. The fourth-order valence-corrected chi connectivity index (χ4v) is 0. The van der Waals surface area contributed by atoms with Crippen molar-refractivity contribution < 1.29 is 25.8 Å². The minimum Gasteiger partial charge on any atom is -0.358 e. The van der Waals surface area contributed by atoms with E-state index in [0.29, 0.717) is 0 Å². The molecule has 0 saturated carbocycles. The third-order valence-electron chi connectivity index (χ3n) is 0. The summed E-state index contributed by atoms with van der Waals surface area (Å²) < 4.78 is 0. The minimum atomic E-state index is 0. The molecule has 0 bridgehead atoms. The minimum absolute atomic E-state index is 0. The van der Waals surface area contributed by atoms with Crippen molar-refractivity contribution in [3.63, 3.8) is 0 Å². The molecule has 0 nitrogen and oxygen atoms in total. The number of rotatable bonds is 0. The molecule has 0 radical (unpaired) electrons. The van der Waals surface area contributed by atoms with Gasteiger partial charge in [0.1, 0.15) is 0 Å². The predicted octanol–water partition coefficient (Wildman–Crippen LogP) is 2.97. The Morgan fingerprint density at radius 2 is 0.625 bits per heavy atom. The molecular weight excluding hydrogens is 263 g/mol. The quantitative estimate of drug-likeness (QED) is 0.473. The first kappa shape index (κ1) is 36.7. The monoisotopic (exact) mass is 282 g/mol. The van der Waals surface area contributed by atoms with Crippen molar-refractivity contribution in [1.82, 2.24) is 0 Å². The Kier molecular flexibility index (Phi) is 2250. The fraction of sp³-hybridized carbons (Fsp3) is 0.429. The van der Waals surface area contributed by atoms with Crippen molar-refractivity contribution in [2.24, 2.45) is 0 Å².